The standard InChI is InChI=1S/C45H54N6O3/c52-39(32-48-42-23-9-22-41-40(42)21-11-27-47-41)33-51-28-24-37(25-29-51)44(53)50-43(30-36-18-10-26-46-31-36)45(54)49-38(19-7-16-34-12-3-1-4-13-34)20-8-17-35-14-5-2-6-15-35/h1-6,9-15,18,21-23,26-27,31,37-39,43,48,52H,7-8,16-17,19-20,24-25,28-30,32-33H2,(H,49,54)(H,50,53)/t39-,43-/m0/s1. The Morgan fingerprint density at radius 1 is 0.759 bits per heavy atom. The van der Waals surface area contributed by atoms with Crippen molar-refractivity contribution in [3.63, 3.8) is 0 Å². The van der Waals surface area contributed by atoms with Gasteiger partial charge in [0.05, 0.1) is 11.6 Å². The summed E-state index contributed by atoms with van der Waals surface area (Å²) in [4.78, 5) is 38.7. The van der Waals surface area contributed by atoms with Crippen molar-refractivity contribution in [3.8, 4) is 0 Å². The van der Waals surface area contributed by atoms with E-state index >= 15 is 0 Å². The highest BCUT2D eigenvalue weighted by Crippen LogP contribution is 2.22. The summed E-state index contributed by atoms with van der Waals surface area (Å²) in [5.41, 5.74) is 5.36. The van der Waals surface area contributed by atoms with Crippen LogP contribution in [-0.4, -0.2) is 76.2 Å². The Hall–Kier alpha value is -5.12. The van der Waals surface area contributed by atoms with Crippen molar-refractivity contribution in [2.45, 2.75) is 76.0 Å². The third-order valence-electron chi connectivity index (χ3n) is 10.5. The number of nitrogens with zero attached hydrogens (tertiary/aromatic N) is 3. The number of likely N-dealkylation sites (tertiary alicyclic amines) is 1. The zero-order chi connectivity index (χ0) is 37.4. The molecule has 1 saturated heterocycles. The zero-order valence-electron chi connectivity index (χ0n) is 31.2. The van der Waals surface area contributed by atoms with Crippen molar-refractivity contribution in [2.24, 2.45) is 5.92 Å². The number of anilines is 1. The van der Waals surface area contributed by atoms with Gasteiger partial charge in [0.2, 0.25) is 11.8 Å². The quantitative estimate of drug-likeness (QED) is 0.0781. The van der Waals surface area contributed by atoms with E-state index in [1.165, 1.54) is 11.1 Å². The third kappa shape index (κ3) is 11.9. The molecule has 5 aromatic rings. The highest BCUT2D eigenvalue weighted by molar-refractivity contribution is 5.91. The third-order valence-corrected chi connectivity index (χ3v) is 10.5. The highest BCUT2D eigenvalue weighted by Gasteiger charge is 2.30. The van der Waals surface area contributed by atoms with Crippen molar-refractivity contribution in [3.05, 3.63) is 138 Å². The van der Waals surface area contributed by atoms with Crippen molar-refractivity contribution in [1.29, 1.82) is 0 Å². The van der Waals surface area contributed by atoms with Crippen LogP contribution in [0.1, 0.15) is 55.2 Å². The van der Waals surface area contributed by atoms with Crippen molar-refractivity contribution >= 4 is 28.4 Å². The molecule has 6 rings (SSSR count). The van der Waals surface area contributed by atoms with Gasteiger partial charge in [0.25, 0.3) is 0 Å². The summed E-state index contributed by atoms with van der Waals surface area (Å²) in [6, 6.07) is 33.9. The van der Waals surface area contributed by atoms with E-state index in [9.17, 15) is 14.7 Å². The summed E-state index contributed by atoms with van der Waals surface area (Å²) in [6.45, 7) is 2.35. The molecule has 2 aromatic heterocycles. The first-order valence-electron chi connectivity index (χ1n) is 19.6. The second kappa shape index (κ2) is 20.4. The lowest BCUT2D eigenvalue weighted by atomic mass is 9.94. The molecule has 1 aliphatic rings. The molecule has 0 aliphatic carbocycles. The van der Waals surface area contributed by atoms with Crippen LogP contribution < -0.4 is 16.0 Å². The maximum atomic E-state index is 14.1. The minimum Gasteiger partial charge on any atom is -0.390 e. The normalized spacial score (nSPS) is 14.8. The van der Waals surface area contributed by atoms with Crippen LogP contribution >= 0.6 is 0 Å². The van der Waals surface area contributed by atoms with Gasteiger partial charge < -0.3 is 26.0 Å². The number of rotatable bonds is 19. The number of aliphatic hydroxyl groups excluding tert-OH is 1. The Balaban J connectivity index is 1.02. The van der Waals surface area contributed by atoms with E-state index in [4.69, 9.17) is 0 Å². The Morgan fingerprint density at radius 3 is 2.09 bits per heavy atom. The molecule has 2 amide bonds. The fourth-order valence-corrected chi connectivity index (χ4v) is 7.46. The molecule has 0 bridgehead atoms. The van der Waals surface area contributed by atoms with Crippen LogP contribution in [0.25, 0.3) is 10.9 Å². The molecule has 1 fully saturated rings. The number of carbonyl (C=O) groups is 2. The van der Waals surface area contributed by atoms with Gasteiger partial charge >= 0.3 is 0 Å². The van der Waals surface area contributed by atoms with Gasteiger partial charge in [-0.15, -0.1) is 0 Å². The number of hydrogen-bond donors (Lipinski definition) is 4. The largest absolute Gasteiger partial charge is 0.390 e. The molecule has 54 heavy (non-hydrogen) atoms. The molecule has 9 heteroatoms. The molecule has 0 spiro atoms. The maximum Gasteiger partial charge on any atom is 0.243 e. The number of carbonyl (C=O) groups excluding carboxylic acids is 2. The summed E-state index contributed by atoms with van der Waals surface area (Å²) in [5, 5.41) is 21.8. The predicted molar refractivity (Wildman–Crippen MR) is 216 cm³/mol. The van der Waals surface area contributed by atoms with Gasteiger partial charge in [-0.3, -0.25) is 19.6 Å². The van der Waals surface area contributed by atoms with Gasteiger partial charge in [-0.2, -0.15) is 0 Å². The summed E-state index contributed by atoms with van der Waals surface area (Å²) in [6.07, 6.45) is 12.0. The summed E-state index contributed by atoms with van der Waals surface area (Å²) in [5.74, 6) is -0.432. The topological polar surface area (TPSA) is 119 Å². The number of aromatic nitrogens is 2. The van der Waals surface area contributed by atoms with Crippen molar-refractivity contribution in [2.75, 3.05) is 31.5 Å². The molecule has 2 atom stereocenters. The highest BCUT2D eigenvalue weighted by atomic mass is 16.3. The molecular formula is C45H54N6O3. The van der Waals surface area contributed by atoms with E-state index < -0.39 is 12.1 Å². The molecule has 3 aromatic carbocycles. The Kier molecular flexibility index (Phi) is 14.6. The molecule has 282 valence electrons. The monoisotopic (exact) mass is 726 g/mol. The maximum absolute atomic E-state index is 14.1. The number of benzene rings is 3. The van der Waals surface area contributed by atoms with Crippen LogP contribution in [0.5, 0.6) is 0 Å². The second-order valence-electron chi connectivity index (χ2n) is 14.6. The van der Waals surface area contributed by atoms with Crippen LogP contribution in [0.4, 0.5) is 5.69 Å². The molecular weight excluding hydrogens is 673 g/mol. The van der Waals surface area contributed by atoms with E-state index in [0.717, 1.165) is 60.7 Å². The molecule has 3 heterocycles. The fourth-order valence-electron chi connectivity index (χ4n) is 7.46. The summed E-state index contributed by atoms with van der Waals surface area (Å²) < 4.78 is 0. The van der Waals surface area contributed by atoms with Gasteiger partial charge in [-0.1, -0.05) is 72.8 Å². The van der Waals surface area contributed by atoms with E-state index in [-0.39, 0.29) is 23.8 Å². The van der Waals surface area contributed by atoms with E-state index in [0.29, 0.717) is 45.4 Å². The Morgan fingerprint density at radius 2 is 1.43 bits per heavy atom. The lowest BCUT2D eigenvalue weighted by Crippen LogP contribution is -2.53. The van der Waals surface area contributed by atoms with Crippen LogP contribution in [0.15, 0.2) is 122 Å². The molecule has 0 saturated carbocycles. The van der Waals surface area contributed by atoms with Crippen molar-refractivity contribution < 1.29 is 14.7 Å². The summed E-state index contributed by atoms with van der Waals surface area (Å²) in [7, 11) is 0. The Labute approximate surface area is 319 Å². The first kappa shape index (κ1) is 38.6. The molecule has 0 radical (unpaired) electrons. The lowest BCUT2D eigenvalue weighted by molar-refractivity contribution is -0.132. The molecule has 9 nitrogen and oxygen atoms in total. The zero-order valence-corrected chi connectivity index (χ0v) is 31.2. The lowest BCUT2D eigenvalue weighted by Gasteiger charge is -2.33. The minimum absolute atomic E-state index is 0.000315. The van der Waals surface area contributed by atoms with E-state index in [1.54, 1.807) is 18.6 Å². The van der Waals surface area contributed by atoms with Crippen LogP contribution in [0, 0.1) is 5.92 Å². The van der Waals surface area contributed by atoms with Gasteiger partial charge in [0.1, 0.15) is 6.04 Å². The van der Waals surface area contributed by atoms with E-state index in [2.05, 4.69) is 79.3 Å². The van der Waals surface area contributed by atoms with E-state index in [1.807, 2.05) is 54.6 Å². The number of amides is 2. The number of hydrogen-bond acceptors (Lipinski definition) is 7. The van der Waals surface area contributed by atoms with Gasteiger partial charge in [-0.25, -0.2) is 0 Å². The number of β-amino-alcohol motifs (C(OH)–C–C–N with tert-alkyl or cyclic N) is 1. The van der Waals surface area contributed by atoms with Crippen LogP contribution in [-0.2, 0) is 28.9 Å². The Bertz CT molecular complexity index is 1820. The fraction of sp³-hybridized carbons (Fsp3) is 0.378. The number of pyridine rings is 2. The number of fused-ring (bicyclic) bond motifs is 1. The second-order valence-corrected chi connectivity index (χ2v) is 14.6. The smallest absolute Gasteiger partial charge is 0.243 e. The first-order valence-corrected chi connectivity index (χ1v) is 19.6. The molecule has 4 N–H and O–H groups in total. The predicted octanol–water partition coefficient (Wildman–Crippen LogP) is 6.37. The average Bonchev–Trinajstić information content (AvgIpc) is 3.21. The van der Waals surface area contributed by atoms with Gasteiger partial charge in [-0.05, 0) is 111 Å². The summed E-state index contributed by atoms with van der Waals surface area (Å²) >= 11 is 0. The molecule has 0 unspecified atom stereocenters. The number of aliphatic hydroxyl groups is 1. The molecule has 1 aliphatic heterocycles. The number of aryl methyl sites for hydroxylation is 2. The van der Waals surface area contributed by atoms with Crippen LogP contribution in [0.3, 0.4) is 0 Å². The van der Waals surface area contributed by atoms with Crippen LogP contribution in [0.2, 0.25) is 0 Å². The minimum atomic E-state index is -0.706. The number of piperidine rings is 1. The average molecular weight is 727 g/mol. The first-order chi connectivity index (χ1) is 26.5. The van der Waals surface area contributed by atoms with Crippen molar-refractivity contribution in [1.82, 2.24) is 25.5 Å². The number of nitrogens with one attached hydrogen (secondary N) is 3. The van der Waals surface area contributed by atoms with Gasteiger partial charge in [0.15, 0.2) is 0 Å². The van der Waals surface area contributed by atoms with Gasteiger partial charge in [0, 0.05) is 61.1 Å². The SMILES string of the molecule is O=C(N[C@@H](Cc1cccnc1)C(=O)NC(CCCc1ccccc1)CCCc1ccccc1)C1CCN(C[C@@H](O)CNc2cccc3ncccc23)CC1.